The molecule has 1 amide bonds. The number of carbonyl (C=O) groups excluding carboxylic acids is 2. The van der Waals surface area contributed by atoms with Crippen molar-refractivity contribution in [3.63, 3.8) is 0 Å². The van der Waals surface area contributed by atoms with E-state index in [-0.39, 0.29) is 18.2 Å². The molecule has 0 unspecified atom stereocenters. The van der Waals surface area contributed by atoms with E-state index in [1.807, 2.05) is 0 Å². The number of carbonyl (C=O) groups is 2. The van der Waals surface area contributed by atoms with Gasteiger partial charge in [-0.1, -0.05) is 13.8 Å². The molecule has 0 radical (unpaired) electrons. The zero-order valence-corrected chi connectivity index (χ0v) is 17.7. The maximum absolute atomic E-state index is 13.3. The van der Waals surface area contributed by atoms with E-state index in [1.54, 1.807) is 26.8 Å². The summed E-state index contributed by atoms with van der Waals surface area (Å²) in [5.41, 5.74) is -0.643. The SMILES string of the molecule is CCOC(=O)C(CC)(CC)NC(=O)c1ccc(N2CC(F)(F)C2)c(OCC2CC2)n1. The fraction of sp³-hybridized carbons (Fsp3) is 0.667. The van der Waals surface area contributed by atoms with Gasteiger partial charge in [0.05, 0.1) is 26.3 Å². The molecule has 1 aliphatic carbocycles. The van der Waals surface area contributed by atoms with Gasteiger partial charge in [0, 0.05) is 0 Å². The molecule has 3 rings (SSSR count). The van der Waals surface area contributed by atoms with Crippen molar-refractivity contribution in [1.82, 2.24) is 10.3 Å². The van der Waals surface area contributed by atoms with Crippen molar-refractivity contribution in [2.75, 3.05) is 31.2 Å². The van der Waals surface area contributed by atoms with Crippen molar-refractivity contribution in [2.24, 2.45) is 5.92 Å². The number of hydrogen-bond donors (Lipinski definition) is 1. The fourth-order valence-electron chi connectivity index (χ4n) is 3.39. The normalized spacial score (nSPS) is 17.8. The lowest BCUT2D eigenvalue weighted by atomic mass is 9.92. The molecule has 1 saturated carbocycles. The Labute approximate surface area is 175 Å². The highest BCUT2D eigenvalue weighted by molar-refractivity contribution is 5.97. The third-order valence-electron chi connectivity index (χ3n) is 5.64. The van der Waals surface area contributed by atoms with Crippen LogP contribution in [0.1, 0.15) is 56.9 Å². The number of aromatic nitrogens is 1. The Balaban J connectivity index is 1.80. The highest BCUT2D eigenvalue weighted by Crippen LogP contribution is 2.38. The fourth-order valence-corrected chi connectivity index (χ4v) is 3.39. The summed E-state index contributed by atoms with van der Waals surface area (Å²) in [6.45, 7) is 5.14. The zero-order valence-electron chi connectivity index (χ0n) is 17.7. The zero-order chi connectivity index (χ0) is 21.9. The van der Waals surface area contributed by atoms with E-state index in [0.29, 0.717) is 31.1 Å². The van der Waals surface area contributed by atoms with Gasteiger partial charge in [0.1, 0.15) is 16.9 Å². The second kappa shape index (κ2) is 8.73. The van der Waals surface area contributed by atoms with Gasteiger partial charge >= 0.3 is 5.97 Å². The number of ether oxygens (including phenoxy) is 2. The molecular weight excluding hydrogens is 396 g/mol. The number of hydrogen-bond acceptors (Lipinski definition) is 6. The number of rotatable bonds is 10. The molecule has 1 aromatic rings. The molecule has 1 aliphatic heterocycles. The lowest BCUT2D eigenvalue weighted by Crippen LogP contribution is -2.56. The molecule has 2 heterocycles. The maximum Gasteiger partial charge on any atom is 0.331 e. The number of nitrogens with one attached hydrogen (secondary N) is 1. The smallest absolute Gasteiger partial charge is 0.331 e. The lowest BCUT2D eigenvalue weighted by molar-refractivity contribution is -0.151. The molecule has 0 spiro atoms. The van der Waals surface area contributed by atoms with Gasteiger partial charge in [-0.15, -0.1) is 0 Å². The van der Waals surface area contributed by atoms with Crippen LogP contribution in [0.2, 0.25) is 0 Å². The number of amides is 1. The molecule has 2 aliphatic rings. The van der Waals surface area contributed by atoms with Crippen LogP contribution in [0.3, 0.4) is 0 Å². The highest BCUT2D eigenvalue weighted by atomic mass is 19.3. The molecule has 1 saturated heterocycles. The van der Waals surface area contributed by atoms with Gasteiger partial charge in [-0.25, -0.2) is 18.6 Å². The van der Waals surface area contributed by atoms with Crippen molar-refractivity contribution in [3.8, 4) is 5.88 Å². The van der Waals surface area contributed by atoms with Crippen molar-refractivity contribution in [3.05, 3.63) is 17.8 Å². The van der Waals surface area contributed by atoms with Crippen LogP contribution in [0, 0.1) is 5.92 Å². The van der Waals surface area contributed by atoms with Crippen LogP contribution in [0.4, 0.5) is 14.5 Å². The molecule has 9 heteroatoms. The number of anilines is 1. The molecule has 2 fully saturated rings. The first-order valence-electron chi connectivity index (χ1n) is 10.5. The van der Waals surface area contributed by atoms with Gasteiger partial charge in [0.25, 0.3) is 11.8 Å². The Morgan fingerprint density at radius 2 is 1.90 bits per heavy atom. The summed E-state index contributed by atoms with van der Waals surface area (Å²) in [5, 5.41) is 2.76. The molecule has 1 aromatic heterocycles. The summed E-state index contributed by atoms with van der Waals surface area (Å²) in [4.78, 5) is 31.1. The maximum atomic E-state index is 13.3. The van der Waals surface area contributed by atoms with Gasteiger partial charge in [-0.2, -0.15) is 0 Å². The Hall–Kier alpha value is -2.45. The average Bonchev–Trinajstić information content (AvgIpc) is 3.53. The first kappa shape index (κ1) is 22.2. The van der Waals surface area contributed by atoms with Gasteiger partial charge in [0.2, 0.25) is 5.88 Å². The Kier molecular flexibility index (Phi) is 6.47. The topological polar surface area (TPSA) is 80.8 Å². The van der Waals surface area contributed by atoms with E-state index < -0.39 is 36.4 Å². The van der Waals surface area contributed by atoms with E-state index in [9.17, 15) is 18.4 Å². The predicted octanol–water partition coefficient (Wildman–Crippen LogP) is 3.18. The number of alkyl halides is 2. The molecule has 166 valence electrons. The first-order valence-corrected chi connectivity index (χ1v) is 10.5. The standard InChI is InChI=1S/C21H29F2N3O4/c1-4-20(5-2,19(28)29-6-3)25-17(27)15-9-10-16(26-12-21(22,23)13-26)18(24-15)30-11-14-7-8-14/h9-10,14H,4-8,11-13H2,1-3H3,(H,25,27). The van der Waals surface area contributed by atoms with E-state index in [2.05, 4.69) is 10.3 Å². The van der Waals surface area contributed by atoms with Crippen LogP contribution in [0.5, 0.6) is 5.88 Å². The second-order valence-electron chi connectivity index (χ2n) is 7.95. The summed E-state index contributed by atoms with van der Waals surface area (Å²) in [5.74, 6) is -3.16. The minimum atomic E-state index is -2.73. The third kappa shape index (κ3) is 4.82. The van der Waals surface area contributed by atoms with Crippen LogP contribution in [0.25, 0.3) is 0 Å². The summed E-state index contributed by atoms with van der Waals surface area (Å²) in [6.07, 6.45) is 2.85. The van der Waals surface area contributed by atoms with Crippen LogP contribution in [-0.4, -0.2) is 54.6 Å². The number of nitrogens with zero attached hydrogens (tertiary/aromatic N) is 2. The molecule has 30 heavy (non-hydrogen) atoms. The van der Waals surface area contributed by atoms with E-state index in [1.165, 1.54) is 11.0 Å². The minimum Gasteiger partial charge on any atom is -0.476 e. The van der Waals surface area contributed by atoms with Crippen molar-refractivity contribution in [1.29, 1.82) is 0 Å². The molecule has 7 nitrogen and oxygen atoms in total. The van der Waals surface area contributed by atoms with Gasteiger partial charge in [-0.3, -0.25) is 4.79 Å². The van der Waals surface area contributed by atoms with Crippen molar-refractivity contribution < 1.29 is 27.8 Å². The third-order valence-corrected chi connectivity index (χ3v) is 5.64. The summed E-state index contributed by atoms with van der Waals surface area (Å²) >= 11 is 0. The molecule has 0 bridgehead atoms. The number of pyridine rings is 1. The van der Waals surface area contributed by atoms with Gasteiger partial charge in [0.15, 0.2) is 0 Å². The Morgan fingerprint density at radius 3 is 2.43 bits per heavy atom. The lowest BCUT2D eigenvalue weighted by Gasteiger charge is -2.40. The Morgan fingerprint density at radius 1 is 1.23 bits per heavy atom. The molecular formula is C21H29F2N3O4. The minimum absolute atomic E-state index is 0.0624. The van der Waals surface area contributed by atoms with Crippen LogP contribution < -0.4 is 15.0 Å². The first-order chi connectivity index (χ1) is 14.2. The predicted molar refractivity (Wildman–Crippen MR) is 107 cm³/mol. The largest absolute Gasteiger partial charge is 0.476 e. The van der Waals surface area contributed by atoms with Crippen molar-refractivity contribution >= 4 is 17.6 Å². The van der Waals surface area contributed by atoms with Crippen LogP contribution >= 0.6 is 0 Å². The van der Waals surface area contributed by atoms with Crippen LogP contribution in [0.15, 0.2) is 12.1 Å². The van der Waals surface area contributed by atoms with E-state index >= 15 is 0 Å². The van der Waals surface area contributed by atoms with Crippen LogP contribution in [-0.2, 0) is 9.53 Å². The molecule has 0 aromatic carbocycles. The molecule has 0 atom stereocenters. The summed E-state index contributed by atoms with van der Waals surface area (Å²) in [7, 11) is 0. The molecule has 1 N–H and O–H groups in total. The second-order valence-corrected chi connectivity index (χ2v) is 7.95. The van der Waals surface area contributed by atoms with E-state index in [0.717, 1.165) is 12.8 Å². The van der Waals surface area contributed by atoms with Crippen molar-refractivity contribution in [2.45, 2.75) is 57.9 Å². The average molecular weight is 425 g/mol. The van der Waals surface area contributed by atoms with E-state index in [4.69, 9.17) is 9.47 Å². The highest BCUT2D eigenvalue weighted by Gasteiger charge is 2.45. The summed E-state index contributed by atoms with van der Waals surface area (Å²) in [6, 6.07) is 3.04. The van der Waals surface area contributed by atoms with Gasteiger partial charge in [-0.05, 0) is 50.7 Å². The monoisotopic (exact) mass is 425 g/mol. The number of esters is 1. The Bertz CT molecular complexity index is 786. The van der Waals surface area contributed by atoms with Gasteiger partial charge < -0.3 is 19.7 Å². The number of halogens is 2. The quantitative estimate of drug-likeness (QED) is 0.580. The summed E-state index contributed by atoms with van der Waals surface area (Å²) < 4.78 is 37.6.